The molecule has 0 radical (unpaired) electrons. The van der Waals surface area contributed by atoms with Crippen LogP contribution in [0.5, 0.6) is 0 Å². The van der Waals surface area contributed by atoms with Crippen LogP contribution in [0.2, 0.25) is 0 Å². The lowest BCUT2D eigenvalue weighted by Gasteiger charge is -2.12. The van der Waals surface area contributed by atoms with E-state index in [2.05, 4.69) is 279 Å². The van der Waals surface area contributed by atoms with E-state index >= 15 is 0 Å². The summed E-state index contributed by atoms with van der Waals surface area (Å²) in [5.74, 6) is 0. The average Bonchev–Trinajstić information content (AvgIpc) is 3.36. The molecule has 0 N–H and O–H groups in total. The highest BCUT2D eigenvalue weighted by atomic mass is 14.1. The van der Waals surface area contributed by atoms with Crippen LogP contribution in [0.3, 0.4) is 0 Å². The minimum Gasteiger partial charge on any atom is -0.0622 e. The van der Waals surface area contributed by atoms with Crippen molar-refractivity contribution < 1.29 is 0 Å². The van der Waals surface area contributed by atoms with Gasteiger partial charge in [0.2, 0.25) is 0 Å². The Bertz CT molecular complexity index is 2810. The van der Waals surface area contributed by atoms with E-state index in [1.807, 2.05) is 0 Å². The van der Waals surface area contributed by atoms with Crippen LogP contribution in [-0.2, 0) is 12.8 Å². The van der Waals surface area contributed by atoms with Crippen LogP contribution in [-0.4, -0.2) is 0 Å². The molecular formula is C64H50. The molecule has 306 valence electrons. The summed E-state index contributed by atoms with van der Waals surface area (Å²) in [4.78, 5) is 0. The topological polar surface area (TPSA) is 0 Å². The summed E-state index contributed by atoms with van der Waals surface area (Å²) in [6.45, 7) is 0. The van der Waals surface area contributed by atoms with Crippen LogP contribution in [0.15, 0.2) is 243 Å². The van der Waals surface area contributed by atoms with Crippen molar-refractivity contribution in [3.8, 4) is 0 Å². The third kappa shape index (κ3) is 10.7. The van der Waals surface area contributed by atoms with Crippen LogP contribution in [0.25, 0.3) is 47.6 Å². The minimum atomic E-state index is 0.916. The Balaban J connectivity index is 0.994. The van der Waals surface area contributed by atoms with Gasteiger partial charge in [-0.3, -0.25) is 0 Å². The van der Waals surface area contributed by atoms with Crippen molar-refractivity contribution in [2.24, 2.45) is 0 Å². The SMILES string of the molecule is C(=C/c1ccccc1/C=C(/c1ccccc1)c1ccc(Cc2ccccc2)cc1)/c1ccccc1/C=C\c1ccccc1/C=C(/c1ccccc1)c1ccc(Cc2ccccc2)cc1. The summed E-state index contributed by atoms with van der Waals surface area (Å²) in [7, 11) is 0. The fraction of sp³-hybridized carbons (Fsp3) is 0.0312. The van der Waals surface area contributed by atoms with Crippen molar-refractivity contribution in [2.45, 2.75) is 12.8 Å². The average molecular weight is 819 g/mol. The van der Waals surface area contributed by atoms with Crippen molar-refractivity contribution in [2.75, 3.05) is 0 Å². The summed E-state index contributed by atoms with van der Waals surface area (Å²) in [6, 6.07) is 86.8. The van der Waals surface area contributed by atoms with Gasteiger partial charge in [-0.1, -0.05) is 267 Å². The Morgan fingerprint density at radius 2 is 0.453 bits per heavy atom. The molecule has 0 aliphatic rings. The van der Waals surface area contributed by atoms with E-state index in [9.17, 15) is 0 Å². The van der Waals surface area contributed by atoms with Crippen LogP contribution in [0.1, 0.15) is 77.9 Å². The Kier molecular flexibility index (Phi) is 13.3. The van der Waals surface area contributed by atoms with Gasteiger partial charge in [0, 0.05) is 0 Å². The number of hydrogen-bond acceptors (Lipinski definition) is 0. The van der Waals surface area contributed by atoms with Crippen molar-refractivity contribution in [3.63, 3.8) is 0 Å². The molecule has 0 nitrogen and oxygen atoms in total. The van der Waals surface area contributed by atoms with Gasteiger partial charge in [-0.2, -0.15) is 0 Å². The quantitative estimate of drug-likeness (QED) is 0.0959. The summed E-state index contributed by atoms with van der Waals surface area (Å²) >= 11 is 0. The smallest absolute Gasteiger partial charge is 0.00258 e. The predicted molar refractivity (Wildman–Crippen MR) is 275 cm³/mol. The molecular weight excluding hydrogens is 769 g/mol. The molecule has 0 aliphatic heterocycles. The van der Waals surface area contributed by atoms with Gasteiger partial charge >= 0.3 is 0 Å². The molecule has 9 aromatic carbocycles. The molecule has 0 aromatic heterocycles. The summed E-state index contributed by atoms with van der Waals surface area (Å²) in [5.41, 5.74) is 19.4. The first-order chi connectivity index (χ1) is 31.7. The number of rotatable bonds is 14. The van der Waals surface area contributed by atoms with Crippen molar-refractivity contribution >= 4 is 47.6 Å². The Labute approximate surface area is 379 Å². The van der Waals surface area contributed by atoms with E-state index in [0.717, 1.165) is 35.1 Å². The minimum absolute atomic E-state index is 0.916. The standard InChI is InChI=1S/C64H50/c1-5-19-49(20-6-1)45-51-33-37-59(38-34-51)63(57-27-9-3-10-28-57)47-61-31-17-15-25-55(61)43-41-53-23-13-14-24-54(53)42-44-56-26-16-18-32-62(56)48-64(58-29-11-4-12-30-58)60-39-35-52(36-40-60)46-50-21-7-2-8-22-50/h1-44,47-48H,45-46H2/b43-41-,44-42-,63-47-,64-48-. The maximum Gasteiger partial charge on any atom is -0.00258 e. The molecule has 0 saturated carbocycles. The molecule has 0 heteroatoms. The first-order valence-electron chi connectivity index (χ1n) is 22.2. The Hall–Kier alpha value is -8.06. The highest BCUT2D eigenvalue weighted by Crippen LogP contribution is 2.31. The largest absolute Gasteiger partial charge is 0.0622 e. The Morgan fingerprint density at radius 3 is 0.781 bits per heavy atom. The van der Waals surface area contributed by atoms with E-state index in [1.165, 1.54) is 66.8 Å². The first kappa shape index (κ1) is 41.3. The highest BCUT2D eigenvalue weighted by Gasteiger charge is 2.10. The lowest BCUT2D eigenvalue weighted by atomic mass is 9.92. The van der Waals surface area contributed by atoms with E-state index < -0.39 is 0 Å². The number of benzene rings is 9. The van der Waals surface area contributed by atoms with Crippen LogP contribution >= 0.6 is 0 Å². The third-order valence-electron chi connectivity index (χ3n) is 11.7. The van der Waals surface area contributed by atoms with Crippen LogP contribution < -0.4 is 0 Å². The molecule has 0 unspecified atom stereocenters. The zero-order valence-electron chi connectivity index (χ0n) is 36.0. The second kappa shape index (κ2) is 20.7. The predicted octanol–water partition coefficient (Wildman–Crippen LogP) is 16.4. The second-order valence-corrected chi connectivity index (χ2v) is 16.1. The zero-order valence-corrected chi connectivity index (χ0v) is 36.0. The van der Waals surface area contributed by atoms with Crippen molar-refractivity contribution in [3.05, 3.63) is 321 Å². The van der Waals surface area contributed by atoms with Gasteiger partial charge in [-0.05, 0) is 114 Å². The lowest BCUT2D eigenvalue weighted by Crippen LogP contribution is -1.92. The first-order valence-corrected chi connectivity index (χ1v) is 22.2. The molecule has 0 saturated heterocycles. The molecule has 0 bridgehead atoms. The summed E-state index contributed by atoms with van der Waals surface area (Å²) < 4.78 is 0. The van der Waals surface area contributed by atoms with Gasteiger partial charge in [0.15, 0.2) is 0 Å². The van der Waals surface area contributed by atoms with E-state index in [0.29, 0.717) is 0 Å². The fourth-order valence-electron chi connectivity index (χ4n) is 8.24. The van der Waals surface area contributed by atoms with Crippen molar-refractivity contribution in [1.29, 1.82) is 0 Å². The molecule has 0 spiro atoms. The van der Waals surface area contributed by atoms with Gasteiger partial charge in [0.05, 0.1) is 0 Å². The Morgan fingerprint density at radius 1 is 0.219 bits per heavy atom. The summed E-state index contributed by atoms with van der Waals surface area (Å²) in [5, 5.41) is 0. The summed E-state index contributed by atoms with van der Waals surface area (Å²) in [6.07, 6.45) is 15.5. The molecule has 0 fully saturated rings. The monoisotopic (exact) mass is 818 g/mol. The van der Waals surface area contributed by atoms with E-state index in [-0.39, 0.29) is 0 Å². The molecule has 0 aliphatic carbocycles. The van der Waals surface area contributed by atoms with Crippen LogP contribution in [0, 0.1) is 0 Å². The maximum absolute atomic E-state index is 2.33. The third-order valence-corrected chi connectivity index (χ3v) is 11.7. The van der Waals surface area contributed by atoms with Gasteiger partial charge in [-0.25, -0.2) is 0 Å². The van der Waals surface area contributed by atoms with E-state index in [1.54, 1.807) is 0 Å². The normalized spacial score (nSPS) is 11.9. The maximum atomic E-state index is 2.33. The highest BCUT2D eigenvalue weighted by molar-refractivity contribution is 5.95. The van der Waals surface area contributed by atoms with Gasteiger partial charge < -0.3 is 0 Å². The second-order valence-electron chi connectivity index (χ2n) is 16.1. The molecule has 0 amide bonds. The van der Waals surface area contributed by atoms with E-state index in [4.69, 9.17) is 0 Å². The van der Waals surface area contributed by atoms with Gasteiger partial charge in [0.1, 0.15) is 0 Å². The molecule has 9 aromatic rings. The van der Waals surface area contributed by atoms with Gasteiger partial charge in [0.25, 0.3) is 0 Å². The van der Waals surface area contributed by atoms with Crippen LogP contribution in [0.4, 0.5) is 0 Å². The molecule has 64 heavy (non-hydrogen) atoms. The van der Waals surface area contributed by atoms with Gasteiger partial charge in [-0.15, -0.1) is 0 Å². The fourth-order valence-corrected chi connectivity index (χ4v) is 8.24. The zero-order chi connectivity index (χ0) is 43.2. The lowest BCUT2D eigenvalue weighted by molar-refractivity contribution is 1.19. The van der Waals surface area contributed by atoms with Crippen molar-refractivity contribution in [1.82, 2.24) is 0 Å². The molecule has 0 heterocycles. The number of hydrogen-bond donors (Lipinski definition) is 0. The molecule has 9 rings (SSSR count). The molecule has 0 atom stereocenters.